The zero-order valence-electron chi connectivity index (χ0n) is 16.9. The molecule has 0 aliphatic heterocycles. The van der Waals surface area contributed by atoms with Gasteiger partial charge in [0.1, 0.15) is 11.3 Å². The van der Waals surface area contributed by atoms with Gasteiger partial charge in [-0.2, -0.15) is 0 Å². The molecule has 0 spiro atoms. The van der Waals surface area contributed by atoms with Crippen molar-refractivity contribution in [2.45, 2.75) is 65.6 Å². The van der Waals surface area contributed by atoms with Crippen molar-refractivity contribution in [3.8, 4) is 0 Å². The van der Waals surface area contributed by atoms with Crippen LogP contribution in [0, 0.1) is 11.8 Å². The molecule has 0 fully saturated rings. The van der Waals surface area contributed by atoms with Crippen LogP contribution in [0.5, 0.6) is 0 Å². The number of hydrogen-bond acceptors (Lipinski definition) is 6. The summed E-state index contributed by atoms with van der Waals surface area (Å²) >= 11 is 0. The fraction of sp³-hybridized carbons (Fsp3) is 0.571. The number of aliphatic hydroxyl groups is 3. The first-order valence-corrected chi connectivity index (χ1v) is 9.11. The van der Waals surface area contributed by atoms with Crippen molar-refractivity contribution in [1.82, 2.24) is 0 Å². The Morgan fingerprint density at radius 2 is 1.85 bits per heavy atom. The van der Waals surface area contributed by atoms with Crippen LogP contribution in [0.3, 0.4) is 0 Å². The molecule has 0 aromatic heterocycles. The van der Waals surface area contributed by atoms with Crippen molar-refractivity contribution < 1.29 is 29.7 Å². The average Bonchev–Trinajstić information content (AvgIpc) is 2.76. The molecule has 0 aromatic carbocycles. The Hall–Kier alpha value is -2.05. The molecule has 0 saturated carbocycles. The van der Waals surface area contributed by atoms with Crippen LogP contribution in [0.4, 0.5) is 0 Å². The van der Waals surface area contributed by atoms with Gasteiger partial charge in [0.15, 0.2) is 23.0 Å². The molecule has 0 saturated heterocycles. The van der Waals surface area contributed by atoms with E-state index in [1.54, 1.807) is 33.8 Å². The molecule has 1 rings (SSSR count). The maximum atomic E-state index is 12.9. The van der Waals surface area contributed by atoms with Crippen molar-refractivity contribution in [3.63, 3.8) is 0 Å². The van der Waals surface area contributed by atoms with Crippen LogP contribution >= 0.6 is 0 Å². The van der Waals surface area contributed by atoms with Gasteiger partial charge in [-0.15, -0.1) is 0 Å². The predicted molar refractivity (Wildman–Crippen MR) is 102 cm³/mol. The summed E-state index contributed by atoms with van der Waals surface area (Å²) in [6, 6.07) is 0. The highest BCUT2D eigenvalue weighted by Gasteiger charge is 2.58. The number of ketones is 3. The van der Waals surface area contributed by atoms with Gasteiger partial charge in [-0.25, -0.2) is 0 Å². The van der Waals surface area contributed by atoms with E-state index in [-0.39, 0.29) is 6.42 Å². The lowest BCUT2D eigenvalue weighted by Gasteiger charge is -2.26. The van der Waals surface area contributed by atoms with Gasteiger partial charge in [-0.1, -0.05) is 31.6 Å². The first-order valence-electron chi connectivity index (χ1n) is 9.11. The first kappa shape index (κ1) is 23.0. The third-order valence-electron chi connectivity index (χ3n) is 4.75. The summed E-state index contributed by atoms with van der Waals surface area (Å²) in [5.41, 5.74) is -3.48. The van der Waals surface area contributed by atoms with Gasteiger partial charge in [0.25, 0.3) is 0 Å². The fourth-order valence-electron chi connectivity index (χ4n) is 2.83. The number of carbonyl (C=O) groups is 3. The lowest BCUT2D eigenvalue weighted by molar-refractivity contribution is -0.140. The quantitative estimate of drug-likeness (QED) is 0.340. The summed E-state index contributed by atoms with van der Waals surface area (Å²) in [6.07, 6.45) is 4.23. The van der Waals surface area contributed by atoms with E-state index in [2.05, 4.69) is 0 Å². The predicted octanol–water partition coefficient (Wildman–Crippen LogP) is 2.60. The molecule has 3 N–H and O–H groups in total. The van der Waals surface area contributed by atoms with E-state index < -0.39 is 51.7 Å². The van der Waals surface area contributed by atoms with Crippen LogP contribution in [0.15, 0.2) is 35.1 Å². The van der Waals surface area contributed by atoms with Gasteiger partial charge in [-0.3, -0.25) is 14.4 Å². The molecule has 0 aromatic rings. The Balaban J connectivity index is 3.51. The molecular formula is C21H30O6. The molecule has 27 heavy (non-hydrogen) atoms. The van der Waals surface area contributed by atoms with Crippen molar-refractivity contribution in [3.05, 3.63) is 35.1 Å². The van der Waals surface area contributed by atoms with Gasteiger partial charge in [0, 0.05) is 5.92 Å². The van der Waals surface area contributed by atoms with Crippen LogP contribution in [0.1, 0.15) is 54.4 Å². The minimum Gasteiger partial charge on any atom is -0.508 e. The molecule has 0 bridgehead atoms. The van der Waals surface area contributed by atoms with Gasteiger partial charge < -0.3 is 15.3 Å². The number of Topliss-reactive ketones (excluding diaryl/α,β-unsaturated/α-hetero) is 2. The molecular weight excluding hydrogens is 348 g/mol. The minimum absolute atomic E-state index is 0.00110. The van der Waals surface area contributed by atoms with Crippen LogP contribution in [0.2, 0.25) is 0 Å². The second kappa shape index (κ2) is 8.31. The summed E-state index contributed by atoms with van der Waals surface area (Å²) in [6.45, 7) is 9.86. The first-order chi connectivity index (χ1) is 12.3. The molecule has 150 valence electrons. The Kier molecular flexibility index (Phi) is 7.08. The Morgan fingerprint density at radius 1 is 1.30 bits per heavy atom. The van der Waals surface area contributed by atoms with Crippen molar-refractivity contribution in [2.75, 3.05) is 0 Å². The summed E-state index contributed by atoms with van der Waals surface area (Å²) in [7, 11) is 0. The van der Waals surface area contributed by atoms with E-state index >= 15 is 0 Å². The van der Waals surface area contributed by atoms with E-state index in [0.29, 0.717) is 6.42 Å². The molecule has 0 amide bonds. The maximum Gasteiger partial charge on any atom is 0.195 e. The topological polar surface area (TPSA) is 112 Å². The summed E-state index contributed by atoms with van der Waals surface area (Å²) in [4.78, 5) is 38.1. The third-order valence-corrected chi connectivity index (χ3v) is 4.75. The monoisotopic (exact) mass is 378 g/mol. The van der Waals surface area contributed by atoms with Gasteiger partial charge in [-0.05, 0) is 46.6 Å². The summed E-state index contributed by atoms with van der Waals surface area (Å²) in [5.74, 6) is -4.99. The third kappa shape index (κ3) is 4.82. The molecule has 6 nitrogen and oxygen atoms in total. The highest BCUT2D eigenvalue weighted by molar-refractivity contribution is 6.27. The zero-order valence-corrected chi connectivity index (χ0v) is 16.9. The standard InChI is InChI=1S/C21H30O6/c1-7-13(4)17(23)16-18(24)14(9-8-12(2)3)21(27,19(16)25)15(22)10-11-20(5,6)26/h8,10-11,13-14,25-27H,7,9H2,1-6H3/b11-10+/t13?,14?,21-/m1/s1. The zero-order chi connectivity index (χ0) is 21.2. The molecule has 6 heteroatoms. The molecule has 0 radical (unpaired) electrons. The van der Waals surface area contributed by atoms with E-state index in [1.807, 2.05) is 0 Å². The Labute approximate surface area is 160 Å². The SMILES string of the molecule is CCC(C)C(=O)C1=C(O)[C@](O)(C(=O)/C=C/C(C)(C)O)C(CC=C(C)C)C1=O. The van der Waals surface area contributed by atoms with Crippen LogP contribution in [0.25, 0.3) is 0 Å². The van der Waals surface area contributed by atoms with E-state index in [0.717, 1.165) is 17.7 Å². The maximum absolute atomic E-state index is 12.9. The summed E-state index contributed by atoms with van der Waals surface area (Å²) in [5, 5.41) is 31.4. The summed E-state index contributed by atoms with van der Waals surface area (Å²) < 4.78 is 0. The number of allylic oxidation sites excluding steroid dienone is 3. The Bertz CT molecular complexity index is 715. The highest BCUT2D eigenvalue weighted by Crippen LogP contribution is 2.41. The molecule has 1 aliphatic rings. The molecule has 1 aliphatic carbocycles. The number of hydrogen-bond donors (Lipinski definition) is 3. The van der Waals surface area contributed by atoms with Crippen molar-refractivity contribution >= 4 is 17.3 Å². The van der Waals surface area contributed by atoms with Crippen molar-refractivity contribution in [2.24, 2.45) is 11.8 Å². The molecule has 3 atom stereocenters. The molecule has 2 unspecified atom stereocenters. The van der Waals surface area contributed by atoms with Gasteiger partial charge >= 0.3 is 0 Å². The van der Waals surface area contributed by atoms with Crippen LogP contribution < -0.4 is 0 Å². The van der Waals surface area contributed by atoms with Gasteiger partial charge in [0.05, 0.1) is 11.5 Å². The largest absolute Gasteiger partial charge is 0.508 e. The van der Waals surface area contributed by atoms with Crippen LogP contribution in [-0.4, -0.2) is 43.9 Å². The second-order valence-corrected chi connectivity index (χ2v) is 7.95. The number of aliphatic hydroxyl groups excluding tert-OH is 1. The average molecular weight is 378 g/mol. The highest BCUT2D eigenvalue weighted by atomic mass is 16.3. The number of carbonyl (C=O) groups excluding carboxylic acids is 3. The van der Waals surface area contributed by atoms with Crippen LogP contribution in [-0.2, 0) is 14.4 Å². The normalized spacial score (nSPS) is 24.4. The fourth-order valence-corrected chi connectivity index (χ4v) is 2.83. The van der Waals surface area contributed by atoms with E-state index in [9.17, 15) is 29.7 Å². The molecule has 0 heterocycles. The van der Waals surface area contributed by atoms with Gasteiger partial charge in [0.2, 0.25) is 0 Å². The Morgan fingerprint density at radius 3 is 2.30 bits per heavy atom. The smallest absolute Gasteiger partial charge is 0.195 e. The minimum atomic E-state index is -2.52. The van der Waals surface area contributed by atoms with E-state index in [4.69, 9.17) is 0 Å². The lowest BCUT2D eigenvalue weighted by Crippen LogP contribution is -2.46. The van der Waals surface area contributed by atoms with Crippen molar-refractivity contribution in [1.29, 1.82) is 0 Å². The van der Waals surface area contributed by atoms with E-state index in [1.165, 1.54) is 13.8 Å². The lowest BCUT2D eigenvalue weighted by atomic mass is 9.81. The second-order valence-electron chi connectivity index (χ2n) is 7.95. The number of rotatable bonds is 8.